The van der Waals surface area contributed by atoms with Crippen LogP contribution in [0.15, 0.2) is 77.7 Å². The van der Waals surface area contributed by atoms with Crippen LogP contribution in [0.2, 0.25) is 10.0 Å². The van der Waals surface area contributed by atoms with Gasteiger partial charge in [-0.3, -0.25) is 13.9 Å². The molecule has 1 atom stereocenters. The van der Waals surface area contributed by atoms with E-state index in [0.717, 1.165) is 9.87 Å². The van der Waals surface area contributed by atoms with E-state index in [2.05, 4.69) is 5.32 Å². The Balaban J connectivity index is 2.06. The smallest absolute Gasteiger partial charge is 0.264 e. The van der Waals surface area contributed by atoms with E-state index in [1.165, 1.54) is 30.1 Å². The number of rotatable bonds is 9. The van der Waals surface area contributed by atoms with Gasteiger partial charge < -0.3 is 10.2 Å². The van der Waals surface area contributed by atoms with Crippen molar-refractivity contribution in [2.24, 2.45) is 0 Å². The van der Waals surface area contributed by atoms with Crippen LogP contribution >= 0.6 is 23.2 Å². The highest BCUT2D eigenvalue weighted by Crippen LogP contribution is 2.31. The fourth-order valence-electron chi connectivity index (χ4n) is 3.61. The molecule has 0 unspecified atom stereocenters. The molecular weight excluding hydrogens is 521 g/mol. The van der Waals surface area contributed by atoms with E-state index in [-0.39, 0.29) is 22.2 Å². The lowest BCUT2D eigenvalue weighted by Crippen LogP contribution is -2.50. The highest BCUT2D eigenvalue weighted by atomic mass is 35.5. The number of para-hydroxylation sites is 1. The zero-order chi connectivity index (χ0) is 26.5. The monoisotopic (exact) mass is 547 g/mol. The quantitative estimate of drug-likeness (QED) is 0.422. The average molecular weight is 548 g/mol. The first-order valence-electron chi connectivity index (χ1n) is 11.1. The zero-order valence-electron chi connectivity index (χ0n) is 20.1. The van der Waals surface area contributed by atoms with Gasteiger partial charge in [-0.25, -0.2) is 8.42 Å². The van der Waals surface area contributed by atoms with Gasteiger partial charge in [0, 0.05) is 18.6 Å². The molecule has 0 aliphatic carbocycles. The number of nitrogens with one attached hydrogen (secondary N) is 1. The van der Waals surface area contributed by atoms with Crippen molar-refractivity contribution in [1.82, 2.24) is 10.2 Å². The van der Waals surface area contributed by atoms with Gasteiger partial charge in [0.1, 0.15) is 12.6 Å². The first kappa shape index (κ1) is 27.5. The molecule has 0 aliphatic rings. The van der Waals surface area contributed by atoms with Crippen LogP contribution < -0.4 is 9.62 Å². The maximum absolute atomic E-state index is 13.7. The number of aryl methyl sites for hydroxylation is 1. The second-order valence-corrected chi connectivity index (χ2v) is 10.9. The zero-order valence-corrected chi connectivity index (χ0v) is 22.4. The Morgan fingerprint density at radius 1 is 0.917 bits per heavy atom. The summed E-state index contributed by atoms with van der Waals surface area (Å²) in [7, 11) is -2.71. The van der Waals surface area contributed by atoms with E-state index >= 15 is 0 Å². The highest BCUT2D eigenvalue weighted by Gasteiger charge is 2.33. The summed E-state index contributed by atoms with van der Waals surface area (Å²) >= 11 is 12.7. The Morgan fingerprint density at radius 3 is 2.08 bits per heavy atom. The lowest BCUT2D eigenvalue weighted by Gasteiger charge is -2.32. The topological polar surface area (TPSA) is 86.8 Å². The maximum atomic E-state index is 13.7. The number of halogens is 2. The van der Waals surface area contributed by atoms with E-state index in [4.69, 9.17) is 23.2 Å². The van der Waals surface area contributed by atoms with Crippen molar-refractivity contribution < 1.29 is 18.0 Å². The van der Waals surface area contributed by atoms with E-state index in [9.17, 15) is 18.0 Å². The predicted octanol–water partition coefficient (Wildman–Crippen LogP) is 4.66. The Kier molecular flexibility index (Phi) is 9.00. The first-order valence-corrected chi connectivity index (χ1v) is 13.3. The normalized spacial score (nSPS) is 12.0. The number of nitrogens with zero attached hydrogens (tertiary/aromatic N) is 2. The molecule has 3 rings (SSSR count). The summed E-state index contributed by atoms with van der Waals surface area (Å²) in [6.07, 6.45) is 0. The molecule has 0 saturated heterocycles. The van der Waals surface area contributed by atoms with E-state index in [1.807, 2.05) is 6.92 Å². The number of carbonyl (C=O) groups excluding carboxylic acids is 2. The van der Waals surface area contributed by atoms with Gasteiger partial charge in [-0.1, -0.05) is 71.2 Å². The number of likely N-dealkylation sites (N-methyl/N-ethyl adjacent to an activating group) is 1. The third-order valence-corrected chi connectivity index (χ3v) is 8.18. The molecule has 3 aromatic carbocycles. The molecule has 0 radical (unpaired) electrons. The van der Waals surface area contributed by atoms with Gasteiger partial charge in [-0.15, -0.1) is 0 Å². The van der Waals surface area contributed by atoms with Gasteiger partial charge in [0.15, 0.2) is 0 Å². The molecule has 36 heavy (non-hydrogen) atoms. The first-order chi connectivity index (χ1) is 17.1. The minimum absolute atomic E-state index is 0.00797. The van der Waals surface area contributed by atoms with Crippen LogP contribution in [-0.2, 0) is 26.2 Å². The Morgan fingerprint density at radius 2 is 1.50 bits per heavy atom. The minimum atomic E-state index is -4.18. The van der Waals surface area contributed by atoms with Gasteiger partial charge in [0.05, 0.1) is 15.6 Å². The van der Waals surface area contributed by atoms with Crippen LogP contribution in [0.1, 0.15) is 18.1 Å². The number of anilines is 1. The molecule has 10 heteroatoms. The van der Waals surface area contributed by atoms with Crippen LogP contribution in [0.25, 0.3) is 0 Å². The van der Waals surface area contributed by atoms with Crippen molar-refractivity contribution >= 4 is 50.7 Å². The maximum Gasteiger partial charge on any atom is 0.264 e. The summed E-state index contributed by atoms with van der Waals surface area (Å²) in [6.45, 7) is 2.85. The van der Waals surface area contributed by atoms with Crippen molar-refractivity contribution in [3.05, 3.63) is 94.0 Å². The minimum Gasteiger partial charge on any atom is -0.357 e. The molecule has 190 valence electrons. The Bertz CT molecular complexity index is 1350. The molecule has 7 nitrogen and oxygen atoms in total. The number of amides is 2. The fraction of sp³-hybridized carbons (Fsp3) is 0.231. The molecule has 1 N–H and O–H groups in total. The predicted molar refractivity (Wildman–Crippen MR) is 143 cm³/mol. The van der Waals surface area contributed by atoms with Gasteiger partial charge >= 0.3 is 0 Å². The van der Waals surface area contributed by atoms with Crippen molar-refractivity contribution in [2.45, 2.75) is 31.3 Å². The van der Waals surface area contributed by atoms with Gasteiger partial charge in [0.25, 0.3) is 10.0 Å². The van der Waals surface area contributed by atoms with Gasteiger partial charge in [-0.2, -0.15) is 0 Å². The average Bonchev–Trinajstić information content (AvgIpc) is 2.86. The number of hydrogen-bond donors (Lipinski definition) is 1. The summed E-state index contributed by atoms with van der Waals surface area (Å²) in [5, 5.41) is 3.13. The van der Waals surface area contributed by atoms with Crippen molar-refractivity contribution in [3.8, 4) is 0 Å². The lowest BCUT2D eigenvalue weighted by atomic mass is 10.1. The largest absolute Gasteiger partial charge is 0.357 e. The van der Waals surface area contributed by atoms with Crippen LogP contribution in [0.4, 0.5) is 5.69 Å². The van der Waals surface area contributed by atoms with Crippen LogP contribution in [0.3, 0.4) is 0 Å². The summed E-state index contributed by atoms with van der Waals surface area (Å²) in [5.41, 5.74) is 1.66. The molecule has 3 aromatic rings. The molecule has 0 heterocycles. The number of benzene rings is 3. The highest BCUT2D eigenvalue weighted by molar-refractivity contribution is 7.92. The molecule has 0 spiro atoms. The standard InChI is InChI=1S/C26H27Cl2N3O4S/c1-18-12-14-21(15-13-18)36(34,35)31(24-11-7-6-10-23(24)28)17-25(32)30(19(2)26(33)29-3)16-20-8-4-5-9-22(20)27/h4-15,19H,16-17H2,1-3H3,(H,29,33)/t19-/m0/s1. The van der Waals surface area contributed by atoms with Gasteiger partial charge in [0.2, 0.25) is 11.8 Å². The van der Waals surface area contributed by atoms with Crippen molar-refractivity contribution in [3.63, 3.8) is 0 Å². The van der Waals surface area contributed by atoms with Crippen LogP contribution in [0.5, 0.6) is 0 Å². The van der Waals surface area contributed by atoms with Crippen molar-refractivity contribution in [2.75, 3.05) is 17.9 Å². The third-order valence-electron chi connectivity index (χ3n) is 5.72. The Labute approximate surface area is 221 Å². The molecule has 0 aromatic heterocycles. The second kappa shape index (κ2) is 11.8. The molecule has 0 saturated carbocycles. The summed E-state index contributed by atoms with van der Waals surface area (Å²) in [5.74, 6) is -0.997. The van der Waals surface area contributed by atoms with Gasteiger partial charge in [-0.05, 0) is 49.7 Å². The molecule has 0 fully saturated rings. The molecule has 0 aliphatic heterocycles. The summed E-state index contributed by atoms with van der Waals surface area (Å²) < 4.78 is 28.4. The fourth-order valence-corrected chi connectivity index (χ4v) is 5.52. The van der Waals surface area contributed by atoms with Crippen LogP contribution in [-0.4, -0.2) is 44.8 Å². The summed E-state index contributed by atoms with van der Waals surface area (Å²) in [4.78, 5) is 27.5. The summed E-state index contributed by atoms with van der Waals surface area (Å²) in [6, 6.07) is 18.8. The lowest BCUT2D eigenvalue weighted by molar-refractivity contribution is -0.139. The van der Waals surface area contributed by atoms with E-state index < -0.39 is 34.4 Å². The number of carbonyl (C=O) groups is 2. The number of sulfonamides is 1. The van der Waals surface area contributed by atoms with Crippen molar-refractivity contribution in [1.29, 1.82) is 0 Å². The SMILES string of the molecule is CNC(=O)[C@H](C)N(Cc1ccccc1Cl)C(=O)CN(c1ccccc1Cl)S(=O)(=O)c1ccc(C)cc1. The van der Waals surface area contributed by atoms with E-state index in [0.29, 0.717) is 10.6 Å². The number of hydrogen-bond acceptors (Lipinski definition) is 4. The molecule has 2 amide bonds. The molecular formula is C26H27Cl2N3O4S. The second-order valence-electron chi connectivity index (χ2n) is 8.18. The van der Waals surface area contributed by atoms with Crippen LogP contribution in [0, 0.1) is 6.92 Å². The van der Waals surface area contributed by atoms with E-state index in [1.54, 1.807) is 61.5 Å². The third kappa shape index (κ3) is 6.19. The Hall–Kier alpha value is -3.07. The molecule has 0 bridgehead atoms.